The third-order valence-electron chi connectivity index (χ3n) is 3.27. The number of hydrogen-bond donors (Lipinski definition) is 4. The number of primary amides is 1. The Balaban J connectivity index is 2.44. The molecule has 8 nitrogen and oxygen atoms in total. The number of amides is 2. The highest BCUT2D eigenvalue weighted by Gasteiger charge is 2.08. The summed E-state index contributed by atoms with van der Waals surface area (Å²) in [5.41, 5.74) is 6.00. The minimum atomic E-state index is -0.839. The summed E-state index contributed by atoms with van der Waals surface area (Å²) in [5.74, 6) is -1.89. The molecule has 8 heteroatoms. The van der Waals surface area contributed by atoms with Crippen LogP contribution in [0.5, 0.6) is 0 Å². The lowest BCUT2D eigenvalue weighted by molar-refractivity contribution is -0.137. The first-order chi connectivity index (χ1) is 11.9. The molecular formula is C17H20N4O4. The van der Waals surface area contributed by atoms with E-state index in [4.69, 9.17) is 16.1 Å². The van der Waals surface area contributed by atoms with E-state index in [0.29, 0.717) is 37.1 Å². The van der Waals surface area contributed by atoms with Crippen LogP contribution in [-0.4, -0.2) is 29.4 Å². The fourth-order valence-electron chi connectivity index (χ4n) is 1.91. The number of rotatable bonds is 10. The zero-order valence-corrected chi connectivity index (χ0v) is 13.6. The first-order valence-corrected chi connectivity index (χ1v) is 7.70. The second-order valence-corrected chi connectivity index (χ2v) is 5.22. The normalized spacial score (nSPS) is 10.6. The largest absolute Gasteiger partial charge is 0.481 e. The highest BCUT2D eigenvalue weighted by molar-refractivity contribution is 5.97. The van der Waals surface area contributed by atoms with Crippen LogP contribution in [0, 0.1) is 11.3 Å². The van der Waals surface area contributed by atoms with Crippen molar-refractivity contribution in [3.8, 4) is 6.07 Å². The van der Waals surface area contributed by atoms with Crippen LogP contribution < -0.4 is 16.4 Å². The van der Waals surface area contributed by atoms with Gasteiger partial charge in [0.1, 0.15) is 11.6 Å². The van der Waals surface area contributed by atoms with Crippen LogP contribution in [0.15, 0.2) is 36.0 Å². The lowest BCUT2D eigenvalue weighted by Crippen LogP contribution is -2.26. The number of anilines is 1. The number of carboxylic acids is 1. The number of hydrogen-bond acceptors (Lipinski definition) is 5. The number of nitrogens with zero attached hydrogens (tertiary/aromatic N) is 1. The molecule has 0 spiro atoms. The van der Waals surface area contributed by atoms with Gasteiger partial charge in [-0.1, -0.05) is 6.42 Å². The summed E-state index contributed by atoms with van der Waals surface area (Å²) in [6.07, 6.45) is 3.26. The van der Waals surface area contributed by atoms with Gasteiger partial charge in [-0.05, 0) is 37.1 Å². The van der Waals surface area contributed by atoms with Gasteiger partial charge in [-0.15, -0.1) is 0 Å². The van der Waals surface area contributed by atoms with Crippen LogP contribution >= 0.6 is 0 Å². The molecule has 132 valence electrons. The van der Waals surface area contributed by atoms with Crippen molar-refractivity contribution < 1.29 is 19.5 Å². The number of carboxylic acid groups (broad SMARTS) is 1. The second kappa shape index (κ2) is 10.4. The molecule has 0 heterocycles. The number of nitriles is 1. The van der Waals surface area contributed by atoms with Gasteiger partial charge < -0.3 is 21.5 Å². The molecular weight excluding hydrogens is 324 g/mol. The number of nitrogens with two attached hydrogens (primary N) is 1. The Morgan fingerprint density at radius 3 is 2.40 bits per heavy atom. The summed E-state index contributed by atoms with van der Waals surface area (Å²) in [5, 5.41) is 23.0. The van der Waals surface area contributed by atoms with E-state index < -0.39 is 17.8 Å². The van der Waals surface area contributed by atoms with Crippen LogP contribution in [0.2, 0.25) is 0 Å². The minimum absolute atomic E-state index is 0.0930. The smallest absolute Gasteiger partial charge is 0.303 e. The van der Waals surface area contributed by atoms with E-state index in [9.17, 15) is 14.4 Å². The second-order valence-electron chi connectivity index (χ2n) is 5.22. The summed E-state index contributed by atoms with van der Waals surface area (Å²) >= 11 is 0. The molecule has 0 unspecified atom stereocenters. The fourth-order valence-corrected chi connectivity index (χ4v) is 1.91. The first-order valence-electron chi connectivity index (χ1n) is 7.70. The Kier molecular flexibility index (Phi) is 8.23. The maximum atomic E-state index is 11.9. The third kappa shape index (κ3) is 7.65. The van der Waals surface area contributed by atoms with Gasteiger partial charge in [-0.3, -0.25) is 14.4 Å². The minimum Gasteiger partial charge on any atom is -0.481 e. The highest BCUT2D eigenvalue weighted by atomic mass is 16.4. The number of benzene rings is 1. The van der Waals surface area contributed by atoms with E-state index in [1.165, 1.54) is 18.3 Å². The van der Waals surface area contributed by atoms with E-state index in [1.54, 1.807) is 18.2 Å². The quantitative estimate of drug-likeness (QED) is 0.286. The summed E-state index contributed by atoms with van der Waals surface area (Å²) in [6.45, 7) is 0.366. The van der Waals surface area contributed by atoms with Crippen LogP contribution in [0.1, 0.15) is 36.0 Å². The molecule has 1 aromatic rings. The maximum absolute atomic E-state index is 11.9. The van der Waals surface area contributed by atoms with E-state index in [2.05, 4.69) is 10.6 Å². The van der Waals surface area contributed by atoms with Crippen molar-refractivity contribution in [2.45, 2.75) is 25.7 Å². The van der Waals surface area contributed by atoms with Gasteiger partial charge in [0.2, 0.25) is 5.91 Å². The Bertz CT molecular complexity index is 690. The Morgan fingerprint density at radius 1 is 1.16 bits per heavy atom. The molecule has 1 aromatic carbocycles. The summed E-state index contributed by atoms with van der Waals surface area (Å²) in [7, 11) is 0. The molecule has 0 bridgehead atoms. The van der Waals surface area contributed by atoms with Crippen molar-refractivity contribution in [2.75, 3.05) is 11.9 Å². The number of carbonyl (C=O) groups excluding carboxylic acids is 2. The van der Waals surface area contributed by atoms with Crippen molar-refractivity contribution >= 4 is 23.5 Å². The lowest BCUT2D eigenvalue weighted by atomic mass is 10.2. The Labute approximate surface area is 145 Å². The predicted molar refractivity (Wildman–Crippen MR) is 91.4 cm³/mol. The topological polar surface area (TPSA) is 145 Å². The number of nitrogens with one attached hydrogen (secondary N) is 2. The summed E-state index contributed by atoms with van der Waals surface area (Å²) in [6, 6.07) is 8.07. The molecule has 0 aliphatic rings. The van der Waals surface area contributed by atoms with Crippen molar-refractivity contribution in [2.24, 2.45) is 5.73 Å². The molecule has 0 radical (unpaired) electrons. The fraction of sp³-hybridized carbons (Fsp3) is 0.294. The first kappa shape index (κ1) is 19.7. The van der Waals surface area contributed by atoms with Gasteiger partial charge in [0.05, 0.1) is 0 Å². The monoisotopic (exact) mass is 344 g/mol. The average Bonchev–Trinajstić information content (AvgIpc) is 2.58. The Morgan fingerprint density at radius 2 is 1.84 bits per heavy atom. The van der Waals surface area contributed by atoms with Crippen molar-refractivity contribution in [1.82, 2.24) is 5.32 Å². The molecule has 25 heavy (non-hydrogen) atoms. The molecule has 0 aliphatic heterocycles. The van der Waals surface area contributed by atoms with Crippen molar-refractivity contribution in [3.05, 3.63) is 41.6 Å². The van der Waals surface area contributed by atoms with E-state index >= 15 is 0 Å². The van der Waals surface area contributed by atoms with Crippen LogP contribution in [0.3, 0.4) is 0 Å². The highest BCUT2D eigenvalue weighted by Crippen LogP contribution is 2.10. The van der Waals surface area contributed by atoms with Crippen LogP contribution in [0.25, 0.3) is 0 Å². The van der Waals surface area contributed by atoms with Crippen molar-refractivity contribution in [1.29, 1.82) is 5.26 Å². The van der Waals surface area contributed by atoms with Gasteiger partial charge in [0.25, 0.3) is 5.91 Å². The van der Waals surface area contributed by atoms with Gasteiger partial charge in [0, 0.05) is 30.4 Å². The van der Waals surface area contributed by atoms with Gasteiger partial charge in [-0.2, -0.15) is 5.26 Å². The Hall–Kier alpha value is -3.34. The van der Waals surface area contributed by atoms with Crippen molar-refractivity contribution in [3.63, 3.8) is 0 Å². The number of carbonyl (C=O) groups is 3. The standard InChI is InChI=1S/C17H20N4O4/c18-10-13(17(25)20-9-3-1-2-4-15(22)23)11-21-14-7-5-12(6-8-14)16(19)24/h5-8,11,21H,1-4,9H2,(H2,19,24)(H,20,25)(H,22,23)/b13-11-. The average molecular weight is 344 g/mol. The molecule has 0 fully saturated rings. The molecule has 0 atom stereocenters. The molecule has 1 rings (SSSR count). The van der Waals surface area contributed by atoms with Gasteiger partial charge in [-0.25, -0.2) is 0 Å². The predicted octanol–water partition coefficient (Wildman–Crippen LogP) is 1.37. The zero-order chi connectivity index (χ0) is 18.7. The van der Waals surface area contributed by atoms with Gasteiger partial charge >= 0.3 is 5.97 Å². The van der Waals surface area contributed by atoms with E-state index in [-0.39, 0.29) is 12.0 Å². The SMILES string of the molecule is N#C/C(=C/Nc1ccc(C(N)=O)cc1)C(=O)NCCCCCC(=O)O. The lowest BCUT2D eigenvalue weighted by Gasteiger charge is -2.05. The van der Waals surface area contributed by atoms with Crippen LogP contribution in [0.4, 0.5) is 5.69 Å². The van der Waals surface area contributed by atoms with Gasteiger partial charge in [0.15, 0.2) is 0 Å². The molecule has 0 saturated heterocycles. The number of aliphatic carboxylic acids is 1. The van der Waals surface area contributed by atoms with E-state index in [1.807, 2.05) is 0 Å². The zero-order valence-electron chi connectivity index (χ0n) is 13.6. The summed E-state index contributed by atoms with van der Waals surface area (Å²) in [4.78, 5) is 33.2. The molecule has 0 aliphatic carbocycles. The number of unbranched alkanes of at least 4 members (excludes halogenated alkanes) is 2. The third-order valence-corrected chi connectivity index (χ3v) is 3.27. The van der Waals surface area contributed by atoms with E-state index in [0.717, 1.165) is 0 Å². The van der Waals surface area contributed by atoms with Crippen LogP contribution in [-0.2, 0) is 9.59 Å². The molecule has 2 amide bonds. The molecule has 0 saturated carbocycles. The maximum Gasteiger partial charge on any atom is 0.303 e. The molecule has 0 aromatic heterocycles. The summed E-state index contributed by atoms with van der Waals surface area (Å²) < 4.78 is 0. The molecule has 5 N–H and O–H groups in total.